The normalized spacial score (nSPS) is 10.6. The first kappa shape index (κ1) is 8.81. The Morgan fingerprint density at radius 1 is 1.43 bits per heavy atom. The van der Waals surface area contributed by atoms with Gasteiger partial charge in [-0.05, 0) is 18.6 Å². The first-order valence-electron chi connectivity index (χ1n) is 4.46. The molecule has 72 valence electrons. The van der Waals surface area contributed by atoms with Crippen molar-refractivity contribution in [1.82, 2.24) is 4.98 Å². The largest absolute Gasteiger partial charge is 0.481 e. The van der Waals surface area contributed by atoms with Gasteiger partial charge in [-0.3, -0.25) is 4.79 Å². The molecule has 0 aliphatic carbocycles. The van der Waals surface area contributed by atoms with Gasteiger partial charge in [0.2, 0.25) is 0 Å². The highest BCUT2D eigenvalue weighted by Crippen LogP contribution is 2.21. The molecule has 2 aromatic rings. The summed E-state index contributed by atoms with van der Waals surface area (Å²) in [5, 5.41) is 9.80. The zero-order valence-electron chi connectivity index (χ0n) is 7.87. The number of aliphatic carboxylic acids is 1. The van der Waals surface area contributed by atoms with Gasteiger partial charge in [0.15, 0.2) is 0 Å². The van der Waals surface area contributed by atoms with E-state index in [1.807, 2.05) is 31.2 Å². The second-order valence-corrected chi connectivity index (χ2v) is 3.34. The van der Waals surface area contributed by atoms with E-state index in [0.717, 1.165) is 22.2 Å². The second kappa shape index (κ2) is 3.18. The van der Waals surface area contributed by atoms with Crippen LogP contribution in [0.4, 0.5) is 0 Å². The predicted molar refractivity (Wildman–Crippen MR) is 54.4 cm³/mol. The third kappa shape index (κ3) is 1.37. The molecule has 0 radical (unpaired) electrons. The number of para-hydroxylation sites is 1. The van der Waals surface area contributed by atoms with E-state index < -0.39 is 5.97 Å². The molecule has 2 N–H and O–H groups in total. The van der Waals surface area contributed by atoms with Gasteiger partial charge >= 0.3 is 5.97 Å². The van der Waals surface area contributed by atoms with Crippen LogP contribution in [0.5, 0.6) is 0 Å². The van der Waals surface area contributed by atoms with Crippen molar-refractivity contribution in [1.29, 1.82) is 0 Å². The quantitative estimate of drug-likeness (QED) is 0.760. The van der Waals surface area contributed by atoms with E-state index >= 15 is 0 Å². The Morgan fingerprint density at radius 2 is 2.14 bits per heavy atom. The molecule has 0 aliphatic rings. The van der Waals surface area contributed by atoms with Crippen LogP contribution in [0.3, 0.4) is 0 Å². The molecule has 0 saturated carbocycles. The maximum atomic E-state index is 10.6. The van der Waals surface area contributed by atoms with E-state index in [-0.39, 0.29) is 6.42 Å². The zero-order chi connectivity index (χ0) is 10.1. The fraction of sp³-hybridized carbons (Fsp3) is 0.182. The number of aryl methyl sites for hydroxylation is 1. The molecule has 0 aliphatic heterocycles. The summed E-state index contributed by atoms with van der Waals surface area (Å²) in [4.78, 5) is 13.7. The first-order valence-corrected chi connectivity index (χ1v) is 4.46. The standard InChI is InChI=1S/C11H11NO2/c1-7-8-4-2-3-5-9(8)12-10(7)6-11(13)14/h2-5,12H,6H2,1H3,(H,13,14). The molecule has 0 saturated heterocycles. The third-order valence-electron chi connectivity index (χ3n) is 2.40. The summed E-state index contributed by atoms with van der Waals surface area (Å²) in [6, 6.07) is 7.83. The van der Waals surface area contributed by atoms with Crippen molar-refractivity contribution in [3.8, 4) is 0 Å². The Bertz CT molecular complexity index is 485. The maximum absolute atomic E-state index is 10.6. The molecule has 0 bridgehead atoms. The molecule has 1 aromatic heterocycles. The van der Waals surface area contributed by atoms with Gasteiger partial charge in [0.25, 0.3) is 0 Å². The van der Waals surface area contributed by atoms with Crippen molar-refractivity contribution in [2.75, 3.05) is 0 Å². The number of aromatic nitrogens is 1. The highest BCUT2D eigenvalue weighted by molar-refractivity contribution is 5.85. The van der Waals surface area contributed by atoms with Crippen LogP contribution in [0, 0.1) is 6.92 Å². The van der Waals surface area contributed by atoms with E-state index in [1.165, 1.54) is 0 Å². The van der Waals surface area contributed by atoms with Crippen LogP contribution < -0.4 is 0 Å². The van der Waals surface area contributed by atoms with Crippen LogP contribution in [-0.4, -0.2) is 16.1 Å². The minimum Gasteiger partial charge on any atom is -0.481 e. The van der Waals surface area contributed by atoms with Crippen molar-refractivity contribution in [2.45, 2.75) is 13.3 Å². The van der Waals surface area contributed by atoms with E-state index in [0.29, 0.717) is 0 Å². The third-order valence-corrected chi connectivity index (χ3v) is 2.40. The van der Waals surface area contributed by atoms with Crippen LogP contribution in [0.2, 0.25) is 0 Å². The summed E-state index contributed by atoms with van der Waals surface area (Å²) in [5.74, 6) is -0.806. The molecule has 3 heteroatoms. The molecule has 3 nitrogen and oxygen atoms in total. The number of hydrogen-bond donors (Lipinski definition) is 2. The number of hydrogen-bond acceptors (Lipinski definition) is 1. The first-order chi connectivity index (χ1) is 6.68. The SMILES string of the molecule is Cc1c(CC(=O)O)[nH]c2ccccc12. The molecule has 0 spiro atoms. The highest BCUT2D eigenvalue weighted by atomic mass is 16.4. The summed E-state index contributed by atoms with van der Waals surface area (Å²) in [5.41, 5.74) is 2.82. The lowest BCUT2D eigenvalue weighted by Gasteiger charge is -1.93. The Labute approximate surface area is 81.4 Å². The molecule has 1 aromatic carbocycles. The number of carbonyl (C=O) groups is 1. The van der Waals surface area contributed by atoms with Crippen LogP contribution >= 0.6 is 0 Å². The van der Waals surface area contributed by atoms with Gasteiger partial charge in [0, 0.05) is 16.6 Å². The summed E-state index contributed by atoms with van der Waals surface area (Å²) in [7, 11) is 0. The van der Waals surface area contributed by atoms with Crippen molar-refractivity contribution in [3.05, 3.63) is 35.5 Å². The fourth-order valence-corrected chi connectivity index (χ4v) is 1.67. The van der Waals surface area contributed by atoms with Gasteiger partial charge in [0.05, 0.1) is 6.42 Å². The van der Waals surface area contributed by atoms with Gasteiger partial charge in [0.1, 0.15) is 0 Å². The summed E-state index contributed by atoms with van der Waals surface area (Å²) in [6.07, 6.45) is 0.0561. The van der Waals surface area contributed by atoms with Crippen LogP contribution in [-0.2, 0) is 11.2 Å². The van der Waals surface area contributed by atoms with Crippen molar-refractivity contribution in [2.24, 2.45) is 0 Å². The second-order valence-electron chi connectivity index (χ2n) is 3.34. The number of carboxylic acid groups (broad SMARTS) is 1. The Balaban J connectivity index is 2.57. The minimum absolute atomic E-state index is 0.0561. The molecule has 0 unspecified atom stereocenters. The number of benzene rings is 1. The molecule has 0 fully saturated rings. The number of aromatic amines is 1. The van der Waals surface area contributed by atoms with Gasteiger partial charge < -0.3 is 10.1 Å². The molecular weight excluding hydrogens is 178 g/mol. The summed E-state index contributed by atoms with van der Waals surface area (Å²) in [6.45, 7) is 1.94. The lowest BCUT2D eigenvalue weighted by atomic mass is 10.1. The zero-order valence-corrected chi connectivity index (χ0v) is 7.87. The van der Waals surface area contributed by atoms with E-state index in [4.69, 9.17) is 5.11 Å². The van der Waals surface area contributed by atoms with Crippen molar-refractivity contribution < 1.29 is 9.90 Å². The van der Waals surface area contributed by atoms with Gasteiger partial charge in [-0.25, -0.2) is 0 Å². The lowest BCUT2D eigenvalue weighted by molar-refractivity contribution is -0.136. The maximum Gasteiger partial charge on any atom is 0.309 e. The smallest absolute Gasteiger partial charge is 0.309 e. The molecule has 2 rings (SSSR count). The lowest BCUT2D eigenvalue weighted by Crippen LogP contribution is -2.01. The van der Waals surface area contributed by atoms with Crippen LogP contribution in [0.25, 0.3) is 10.9 Å². The summed E-state index contributed by atoms with van der Waals surface area (Å²) < 4.78 is 0. The van der Waals surface area contributed by atoms with Crippen LogP contribution in [0.15, 0.2) is 24.3 Å². The number of H-pyrrole nitrogens is 1. The van der Waals surface area contributed by atoms with E-state index in [2.05, 4.69) is 4.98 Å². The molecule has 0 atom stereocenters. The van der Waals surface area contributed by atoms with Gasteiger partial charge in [-0.1, -0.05) is 18.2 Å². The van der Waals surface area contributed by atoms with Gasteiger partial charge in [-0.2, -0.15) is 0 Å². The molecule has 1 heterocycles. The molecule has 0 amide bonds. The van der Waals surface area contributed by atoms with Crippen molar-refractivity contribution >= 4 is 16.9 Å². The molecule has 14 heavy (non-hydrogen) atoms. The van der Waals surface area contributed by atoms with Crippen molar-refractivity contribution in [3.63, 3.8) is 0 Å². The Hall–Kier alpha value is -1.77. The Kier molecular flexibility index (Phi) is 2.00. The topological polar surface area (TPSA) is 53.1 Å². The highest BCUT2D eigenvalue weighted by Gasteiger charge is 2.09. The average molecular weight is 189 g/mol. The van der Waals surface area contributed by atoms with E-state index in [1.54, 1.807) is 0 Å². The van der Waals surface area contributed by atoms with E-state index in [9.17, 15) is 4.79 Å². The predicted octanol–water partition coefficient (Wildman–Crippen LogP) is 2.10. The fourth-order valence-electron chi connectivity index (χ4n) is 1.67. The molecular formula is C11H11NO2. The number of carboxylic acids is 1. The van der Waals surface area contributed by atoms with Crippen LogP contribution in [0.1, 0.15) is 11.3 Å². The Morgan fingerprint density at radius 3 is 2.79 bits per heavy atom. The number of nitrogens with one attached hydrogen (secondary N) is 1. The summed E-state index contributed by atoms with van der Waals surface area (Å²) >= 11 is 0. The minimum atomic E-state index is -0.806. The number of fused-ring (bicyclic) bond motifs is 1. The number of rotatable bonds is 2. The monoisotopic (exact) mass is 189 g/mol. The average Bonchev–Trinajstić information content (AvgIpc) is 2.44. The van der Waals surface area contributed by atoms with Gasteiger partial charge in [-0.15, -0.1) is 0 Å².